The summed E-state index contributed by atoms with van der Waals surface area (Å²) >= 11 is 6.92. The van der Waals surface area contributed by atoms with E-state index >= 15 is 0 Å². The number of benzene rings is 3. The Labute approximate surface area is 217 Å². The molecular formula is C29H31ClO6. The number of ether oxygens (including phenoxy) is 5. The molecule has 36 heavy (non-hydrogen) atoms. The molecule has 0 spiro atoms. The molecule has 1 aliphatic heterocycles. The highest BCUT2D eigenvalue weighted by Crippen LogP contribution is 2.43. The molecule has 0 N–H and O–H groups in total. The molecule has 0 amide bonds. The monoisotopic (exact) mass is 510 g/mol. The summed E-state index contributed by atoms with van der Waals surface area (Å²) in [6.07, 6.45) is -2.59. The minimum absolute atomic E-state index is 0.0307. The zero-order valence-electron chi connectivity index (χ0n) is 20.6. The van der Waals surface area contributed by atoms with Crippen molar-refractivity contribution in [3.8, 4) is 0 Å². The zero-order chi connectivity index (χ0) is 25.6. The Hall–Kier alpha value is -2.58. The van der Waals surface area contributed by atoms with Crippen LogP contribution in [0.25, 0.3) is 0 Å². The molecule has 6 nitrogen and oxygen atoms in total. The lowest BCUT2D eigenvalue weighted by molar-refractivity contribution is -0.284. The van der Waals surface area contributed by atoms with Crippen LogP contribution in [0.5, 0.6) is 0 Å². The summed E-state index contributed by atoms with van der Waals surface area (Å²) < 4.78 is 29.7. The van der Waals surface area contributed by atoms with Gasteiger partial charge >= 0.3 is 0 Å². The molecule has 5 atom stereocenters. The highest BCUT2D eigenvalue weighted by molar-refractivity contribution is 6.32. The van der Waals surface area contributed by atoms with Gasteiger partial charge in [-0.2, -0.15) is 0 Å². The largest absolute Gasteiger partial charge is 0.376 e. The van der Waals surface area contributed by atoms with Gasteiger partial charge in [0, 0.05) is 21.3 Å². The maximum absolute atomic E-state index is 12.4. The Morgan fingerprint density at radius 1 is 0.806 bits per heavy atom. The normalized spacial score (nSPS) is 26.4. The predicted molar refractivity (Wildman–Crippen MR) is 137 cm³/mol. The predicted octanol–water partition coefficient (Wildman–Crippen LogP) is 4.57. The second kappa shape index (κ2) is 11.6. The molecular weight excluding hydrogens is 480 g/mol. The average Bonchev–Trinajstić information content (AvgIpc) is 2.95. The van der Waals surface area contributed by atoms with Crippen LogP contribution >= 0.6 is 11.6 Å². The van der Waals surface area contributed by atoms with Crippen molar-refractivity contribution in [1.29, 1.82) is 0 Å². The van der Waals surface area contributed by atoms with Gasteiger partial charge in [0.2, 0.25) is 0 Å². The number of carbonyl (C=O) groups is 1. The van der Waals surface area contributed by atoms with E-state index in [4.69, 9.17) is 35.3 Å². The van der Waals surface area contributed by atoms with Crippen molar-refractivity contribution in [1.82, 2.24) is 0 Å². The Kier molecular flexibility index (Phi) is 8.57. The van der Waals surface area contributed by atoms with E-state index in [1.54, 1.807) is 0 Å². The summed E-state index contributed by atoms with van der Waals surface area (Å²) in [6, 6.07) is 29.8. The first-order valence-electron chi connectivity index (χ1n) is 11.7. The van der Waals surface area contributed by atoms with Gasteiger partial charge in [-0.05, 0) is 16.7 Å². The van der Waals surface area contributed by atoms with E-state index in [1.807, 2.05) is 91.0 Å². The van der Waals surface area contributed by atoms with Crippen LogP contribution < -0.4 is 0 Å². The molecule has 3 aromatic carbocycles. The van der Waals surface area contributed by atoms with Crippen LogP contribution in [0.4, 0.5) is 0 Å². The Bertz CT molecular complexity index is 1000. The van der Waals surface area contributed by atoms with Crippen LogP contribution in [0, 0.1) is 0 Å². The fourth-order valence-corrected chi connectivity index (χ4v) is 5.27. The lowest BCUT2D eigenvalue weighted by Gasteiger charge is -2.48. The van der Waals surface area contributed by atoms with E-state index < -0.39 is 35.1 Å². The first-order valence-corrected chi connectivity index (χ1v) is 12.1. The molecule has 1 aliphatic rings. The van der Waals surface area contributed by atoms with E-state index in [1.165, 1.54) is 21.3 Å². The highest BCUT2D eigenvalue weighted by Gasteiger charge is 2.57. The Balaban J connectivity index is 1.81. The minimum atomic E-state index is -1.57. The molecule has 0 saturated carbocycles. The number of rotatable bonds is 10. The molecule has 0 radical (unpaired) electrons. The van der Waals surface area contributed by atoms with Crippen LogP contribution in [0.1, 0.15) is 16.7 Å². The van der Waals surface area contributed by atoms with Crippen LogP contribution in [0.15, 0.2) is 91.0 Å². The first kappa shape index (κ1) is 26.5. The number of hydrogen-bond acceptors (Lipinski definition) is 6. The lowest BCUT2D eigenvalue weighted by atomic mass is 9.80. The van der Waals surface area contributed by atoms with E-state index in [0.717, 1.165) is 16.7 Å². The van der Waals surface area contributed by atoms with Gasteiger partial charge in [0.25, 0.3) is 0 Å². The number of halogens is 1. The van der Waals surface area contributed by atoms with Gasteiger partial charge in [-0.25, -0.2) is 0 Å². The molecule has 1 saturated heterocycles. The second-order valence-corrected chi connectivity index (χ2v) is 9.28. The summed E-state index contributed by atoms with van der Waals surface area (Å²) in [6.45, 7) is -0.0307. The fourth-order valence-electron chi connectivity index (χ4n) is 4.94. The topological polar surface area (TPSA) is 63.2 Å². The molecule has 1 heterocycles. The highest BCUT2D eigenvalue weighted by atomic mass is 35.5. The van der Waals surface area contributed by atoms with E-state index in [0.29, 0.717) is 6.29 Å². The molecule has 7 heteroatoms. The van der Waals surface area contributed by atoms with Gasteiger partial charge in [0.1, 0.15) is 30.2 Å². The van der Waals surface area contributed by atoms with Crippen molar-refractivity contribution in [2.24, 2.45) is 0 Å². The van der Waals surface area contributed by atoms with Gasteiger partial charge in [0.15, 0.2) is 11.2 Å². The summed E-state index contributed by atoms with van der Waals surface area (Å²) in [4.78, 5) is 10.8. The molecule has 0 aromatic heterocycles. The standard InChI is InChI=1S/C29H31ClO6/c1-32-25-26(33-2)28(30,20-31)24(36-27(25)34-3)19-35-29(21-13-7-4-8-14-21,22-15-9-5-10-16-22)23-17-11-6-12-18-23/h4-18,20,24-27H,19H2,1-3H3/t24-,25-,26-,27+,28-/m1/s1. The quantitative estimate of drug-likeness (QED) is 0.226. The first-order chi connectivity index (χ1) is 17.5. The number of alkyl halides is 1. The van der Waals surface area contributed by atoms with Gasteiger partial charge in [-0.1, -0.05) is 91.0 Å². The van der Waals surface area contributed by atoms with Crippen LogP contribution in [-0.2, 0) is 34.1 Å². The average molecular weight is 511 g/mol. The lowest BCUT2D eigenvalue weighted by Crippen LogP contribution is -2.66. The van der Waals surface area contributed by atoms with Crippen molar-refractivity contribution in [3.63, 3.8) is 0 Å². The molecule has 0 bridgehead atoms. The van der Waals surface area contributed by atoms with Gasteiger partial charge in [-0.3, -0.25) is 0 Å². The summed E-state index contributed by atoms with van der Waals surface area (Å²) in [5, 5.41) is 0. The zero-order valence-corrected chi connectivity index (χ0v) is 21.3. The molecule has 0 aliphatic carbocycles. The summed E-state index contributed by atoms with van der Waals surface area (Å²) in [7, 11) is 4.48. The third kappa shape index (κ3) is 4.73. The van der Waals surface area contributed by atoms with E-state index in [-0.39, 0.29) is 6.61 Å². The van der Waals surface area contributed by atoms with Gasteiger partial charge in [-0.15, -0.1) is 11.6 Å². The van der Waals surface area contributed by atoms with Crippen LogP contribution in [-0.4, -0.2) is 63.7 Å². The summed E-state index contributed by atoms with van der Waals surface area (Å²) in [5.74, 6) is 0. The van der Waals surface area contributed by atoms with Crippen LogP contribution in [0.2, 0.25) is 0 Å². The maximum Gasteiger partial charge on any atom is 0.186 e. The van der Waals surface area contributed by atoms with Crippen molar-refractivity contribution in [2.45, 2.75) is 35.1 Å². The summed E-state index contributed by atoms with van der Waals surface area (Å²) in [5.41, 5.74) is 1.76. The second-order valence-electron chi connectivity index (χ2n) is 8.62. The smallest absolute Gasteiger partial charge is 0.186 e. The SMILES string of the molecule is CO[C@H]1O[C@H](COC(c2ccccc2)(c2ccccc2)c2ccccc2)[C@](Cl)(C=O)[C@H](OC)[C@H]1OC. The maximum atomic E-state index is 12.4. The van der Waals surface area contributed by atoms with Gasteiger partial charge in [0.05, 0.1) is 6.61 Å². The number of aldehydes is 1. The Morgan fingerprint density at radius 3 is 1.64 bits per heavy atom. The van der Waals surface area contributed by atoms with E-state index in [9.17, 15) is 4.79 Å². The molecule has 190 valence electrons. The Morgan fingerprint density at radius 2 is 1.28 bits per heavy atom. The third-order valence-corrected chi connectivity index (χ3v) is 7.27. The van der Waals surface area contributed by atoms with Crippen LogP contribution in [0.3, 0.4) is 0 Å². The van der Waals surface area contributed by atoms with Crippen molar-refractivity contribution < 1.29 is 28.5 Å². The van der Waals surface area contributed by atoms with Gasteiger partial charge < -0.3 is 28.5 Å². The molecule has 1 fully saturated rings. The fraction of sp³-hybridized carbons (Fsp3) is 0.345. The minimum Gasteiger partial charge on any atom is -0.376 e. The third-order valence-electron chi connectivity index (χ3n) is 6.73. The number of carbonyl (C=O) groups excluding carboxylic acids is 1. The number of hydrogen-bond donors (Lipinski definition) is 0. The van der Waals surface area contributed by atoms with E-state index in [2.05, 4.69) is 0 Å². The molecule has 4 rings (SSSR count). The number of methoxy groups -OCH3 is 3. The molecule has 3 aromatic rings. The van der Waals surface area contributed by atoms with Crippen molar-refractivity contribution in [3.05, 3.63) is 108 Å². The molecule has 0 unspecified atom stereocenters. The van der Waals surface area contributed by atoms with Crippen molar-refractivity contribution in [2.75, 3.05) is 27.9 Å². The van der Waals surface area contributed by atoms with Crippen molar-refractivity contribution >= 4 is 17.9 Å².